The van der Waals surface area contributed by atoms with Crippen molar-refractivity contribution in [3.63, 3.8) is 0 Å². The van der Waals surface area contributed by atoms with E-state index < -0.39 is 6.10 Å². The van der Waals surface area contributed by atoms with Crippen LogP contribution in [0.4, 0.5) is 5.69 Å². The van der Waals surface area contributed by atoms with Crippen LogP contribution in [-0.2, 0) is 0 Å². The number of aliphatic hydroxyl groups excluding tert-OH is 1. The second-order valence-corrected chi connectivity index (χ2v) is 6.24. The Morgan fingerprint density at radius 1 is 1.04 bits per heavy atom. The van der Waals surface area contributed by atoms with E-state index in [0.29, 0.717) is 30.3 Å². The molecular formula is C21H28N2O4. The van der Waals surface area contributed by atoms with E-state index in [0.717, 1.165) is 11.3 Å². The maximum Gasteiger partial charge on any atom is 0.251 e. The summed E-state index contributed by atoms with van der Waals surface area (Å²) < 4.78 is 11.1. The lowest BCUT2D eigenvalue weighted by Gasteiger charge is -2.16. The minimum Gasteiger partial charge on any atom is -0.490 e. The van der Waals surface area contributed by atoms with Crippen LogP contribution in [0.3, 0.4) is 0 Å². The third-order valence-corrected chi connectivity index (χ3v) is 4.06. The van der Waals surface area contributed by atoms with Crippen molar-refractivity contribution in [2.75, 3.05) is 38.8 Å². The van der Waals surface area contributed by atoms with Crippen molar-refractivity contribution in [1.29, 1.82) is 0 Å². The molecule has 0 aliphatic heterocycles. The standard InChI is InChI=1S/C21H28N2O4/c1-5-26-19-12-9-16(13-20(19)27-6-2)21(25)22-14-18(24)15-7-10-17(11-8-15)23(3)4/h7-13,18,24H,5-6,14H2,1-4H3,(H,22,25). The van der Waals surface area contributed by atoms with Gasteiger partial charge in [0, 0.05) is 31.9 Å². The van der Waals surface area contributed by atoms with Crippen molar-refractivity contribution in [2.24, 2.45) is 0 Å². The summed E-state index contributed by atoms with van der Waals surface area (Å²) in [6.07, 6.45) is -0.778. The highest BCUT2D eigenvalue weighted by molar-refractivity contribution is 5.94. The van der Waals surface area contributed by atoms with Gasteiger partial charge in [-0.2, -0.15) is 0 Å². The van der Waals surface area contributed by atoms with Gasteiger partial charge >= 0.3 is 0 Å². The first-order chi connectivity index (χ1) is 13.0. The molecule has 2 aromatic rings. The molecule has 6 nitrogen and oxygen atoms in total. The molecule has 0 aliphatic carbocycles. The van der Waals surface area contributed by atoms with E-state index in [1.165, 1.54) is 0 Å². The summed E-state index contributed by atoms with van der Waals surface area (Å²) in [7, 11) is 3.91. The van der Waals surface area contributed by atoms with Gasteiger partial charge < -0.3 is 24.8 Å². The molecule has 0 saturated heterocycles. The third-order valence-electron chi connectivity index (χ3n) is 4.06. The van der Waals surface area contributed by atoms with Crippen molar-refractivity contribution >= 4 is 11.6 Å². The Morgan fingerprint density at radius 2 is 1.67 bits per heavy atom. The summed E-state index contributed by atoms with van der Waals surface area (Å²) in [5.74, 6) is 0.867. The molecule has 6 heteroatoms. The lowest BCUT2D eigenvalue weighted by molar-refractivity contribution is 0.0916. The molecule has 0 aliphatic rings. The molecule has 2 N–H and O–H groups in total. The molecule has 0 spiro atoms. The molecule has 0 heterocycles. The van der Waals surface area contributed by atoms with E-state index in [9.17, 15) is 9.90 Å². The average molecular weight is 372 g/mol. The number of benzene rings is 2. The van der Waals surface area contributed by atoms with Gasteiger partial charge in [0.05, 0.1) is 19.3 Å². The number of carbonyl (C=O) groups excluding carboxylic acids is 1. The number of nitrogens with zero attached hydrogens (tertiary/aromatic N) is 1. The number of ether oxygens (including phenoxy) is 2. The molecule has 2 rings (SSSR count). The Hall–Kier alpha value is -2.73. The first-order valence-corrected chi connectivity index (χ1v) is 9.09. The molecule has 1 atom stereocenters. The quantitative estimate of drug-likeness (QED) is 0.708. The summed E-state index contributed by atoms with van der Waals surface area (Å²) in [4.78, 5) is 14.4. The molecule has 0 saturated carbocycles. The van der Waals surface area contributed by atoms with Crippen molar-refractivity contribution in [3.05, 3.63) is 53.6 Å². The third kappa shape index (κ3) is 5.62. The molecule has 2 aromatic carbocycles. The molecular weight excluding hydrogens is 344 g/mol. The van der Waals surface area contributed by atoms with Crippen LogP contribution < -0.4 is 19.7 Å². The minimum atomic E-state index is -0.778. The number of anilines is 1. The number of amides is 1. The van der Waals surface area contributed by atoms with Crippen LogP contribution in [0.1, 0.15) is 35.9 Å². The smallest absolute Gasteiger partial charge is 0.251 e. The summed E-state index contributed by atoms with van der Waals surface area (Å²) in [5, 5.41) is 13.1. The fourth-order valence-corrected chi connectivity index (χ4v) is 2.60. The first-order valence-electron chi connectivity index (χ1n) is 9.09. The normalized spacial score (nSPS) is 11.6. The maximum atomic E-state index is 12.4. The van der Waals surface area contributed by atoms with E-state index in [1.807, 2.05) is 57.1 Å². The highest BCUT2D eigenvalue weighted by Gasteiger charge is 2.14. The molecule has 1 unspecified atom stereocenters. The molecule has 0 aromatic heterocycles. The summed E-state index contributed by atoms with van der Waals surface area (Å²) in [6, 6.07) is 12.6. The van der Waals surface area contributed by atoms with Crippen LogP contribution in [0.25, 0.3) is 0 Å². The van der Waals surface area contributed by atoms with Gasteiger partial charge in [0.1, 0.15) is 0 Å². The fraction of sp³-hybridized carbons (Fsp3) is 0.381. The van der Waals surface area contributed by atoms with Gasteiger partial charge in [-0.3, -0.25) is 4.79 Å². The minimum absolute atomic E-state index is 0.122. The molecule has 146 valence electrons. The predicted molar refractivity (Wildman–Crippen MR) is 107 cm³/mol. The van der Waals surface area contributed by atoms with Gasteiger partial charge in [0.2, 0.25) is 0 Å². The molecule has 1 amide bonds. The largest absolute Gasteiger partial charge is 0.490 e. The van der Waals surface area contributed by atoms with Crippen LogP contribution in [0.5, 0.6) is 11.5 Å². The molecule has 0 bridgehead atoms. The highest BCUT2D eigenvalue weighted by Crippen LogP contribution is 2.28. The number of hydrogen-bond acceptors (Lipinski definition) is 5. The summed E-state index contributed by atoms with van der Waals surface area (Å²) in [6.45, 7) is 4.89. The maximum absolute atomic E-state index is 12.4. The van der Waals surface area contributed by atoms with E-state index in [1.54, 1.807) is 18.2 Å². The predicted octanol–water partition coefficient (Wildman–Crippen LogP) is 3.01. The highest BCUT2D eigenvalue weighted by atomic mass is 16.5. The number of aliphatic hydroxyl groups is 1. The van der Waals surface area contributed by atoms with Gasteiger partial charge in [-0.25, -0.2) is 0 Å². The SMILES string of the molecule is CCOc1ccc(C(=O)NCC(O)c2ccc(N(C)C)cc2)cc1OCC. The monoisotopic (exact) mass is 372 g/mol. The fourth-order valence-electron chi connectivity index (χ4n) is 2.60. The van der Waals surface area contributed by atoms with Crippen LogP contribution >= 0.6 is 0 Å². The van der Waals surface area contributed by atoms with E-state index in [2.05, 4.69) is 5.32 Å². The number of hydrogen-bond donors (Lipinski definition) is 2. The van der Waals surface area contributed by atoms with Crippen LogP contribution in [0.15, 0.2) is 42.5 Å². The first kappa shape index (κ1) is 20.6. The number of nitrogens with one attached hydrogen (secondary N) is 1. The van der Waals surface area contributed by atoms with Crippen LogP contribution in [0.2, 0.25) is 0 Å². The Morgan fingerprint density at radius 3 is 2.26 bits per heavy atom. The number of rotatable bonds is 9. The average Bonchev–Trinajstić information content (AvgIpc) is 2.67. The topological polar surface area (TPSA) is 71.0 Å². The van der Waals surface area contributed by atoms with Gasteiger partial charge in [-0.15, -0.1) is 0 Å². The Kier molecular flexibility index (Phi) is 7.49. The van der Waals surface area contributed by atoms with E-state index in [-0.39, 0.29) is 12.5 Å². The summed E-state index contributed by atoms with van der Waals surface area (Å²) in [5.41, 5.74) is 2.26. The van der Waals surface area contributed by atoms with Crippen molar-refractivity contribution in [2.45, 2.75) is 20.0 Å². The van der Waals surface area contributed by atoms with Gasteiger partial charge in [0.25, 0.3) is 5.91 Å². The van der Waals surface area contributed by atoms with E-state index >= 15 is 0 Å². The lowest BCUT2D eigenvalue weighted by Crippen LogP contribution is -2.28. The van der Waals surface area contributed by atoms with E-state index in [4.69, 9.17) is 9.47 Å². The van der Waals surface area contributed by atoms with Crippen molar-refractivity contribution in [1.82, 2.24) is 5.32 Å². The van der Waals surface area contributed by atoms with Gasteiger partial charge in [-0.1, -0.05) is 12.1 Å². The molecule has 27 heavy (non-hydrogen) atoms. The molecule has 0 fully saturated rings. The van der Waals surface area contributed by atoms with Crippen LogP contribution in [0, 0.1) is 0 Å². The Balaban J connectivity index is 2.00. The second kappa shape index (κ2) is 9.83. The Labute approximate surface area is 160 Å². The van der Waals surface area contributed by atoms with Crippen molar-refractivity contribution in [3.8, 4) is 11.5 Å². The number of carbonyl (C=O) groups is 1. The second-order valence-electron chi connectivity index (χ2n) is 6.24. The van der Waals surface area contributed by atoms with Gasteiger partial charge in [-0.05, 0) is 49.7 Å². The lowest BCUT2D eigenvalue weighted by atomic mass is 10.1. The zero-order valence-corrected chi connectivity index (χ0v) is 16.4. The zero-order valence-electron chi connectivity index (χ0n) is 16.4. The van der Waals surface area contributed by atoms with Crippen molar-refractivity contribution < 1.29 is 19.4 Å². The zero-order chi connectivity index (χ0) is 19.8. The Bertz CT molecular complexity index is 744. The van der Waals surface area contributed by atoms with Crippen LogP contribution in [-0.4, -0.2) is 44.9 Å². The molecule has 0 radical (unpaired) electrons. The summed E-state index contributed by atoms with van der Waals surface area (Å²) >= 11 is 0. The van der Waals surface area contributed by atoms with Gasteiger partial charge in [0.15, 0.2) is 11.5 Å².